The van der Waals surface area contributed by atoms with E-state index in [-0.39, 0.29) is 23.5 Å². The van der Waals surface area contributed by atoms with Crippen molar-refractivity contribution in [1.82, 2.24) is 0 Å². The number of amides is 2. The van der Waals surface area contributed by atoms with E-state index in [1.165, 1.54) is 0 Å². The molecule has 1 rings (SSSR count). The molecule has 0 heterocycles. The minimum atomic E-state index is -0.412. The van der Waals surface area contributed by atoms with Crippen LogP contribution in [0.3, 0.4) is 0 Å². The second kappa shape index (κ2) is 5.84. The van der Waals surface area contributed by atoms with Crippen LogP contribution in [0.25, 0.3) is 0 Å². The summed E-state index contributed by atoms with van der Waals surface area (Å²) in [6.45, 7) is 4.24. The Morgan fingerprint density at radius 1 is 1.16 bits per heavy atom. The van der Waals surface area contributed by atoms with Crippen molar-refractivity contribution in [3.63, 3.8) is 0 Å². The highest BCUT2D eigenvalue weighted by Gasteiger charge is 2.23. The fourth-order valence-electron chi connectivity index (χ4n) is 2.06. The number of para-hydroxylation sites is 1. The van der Waals surface area contributed by atoms with Crippen LogP contribution < -0.4 is 11.1 Å². The Morgan fingerprint density at radius 2 is 1.68 bits per heavy atom. The van der Waals surface area contributed by atoms with E-state index in [9.17, 15) is 9.59 Å². The van der Waals surface area contributed by atoms with Gasteiger partial charge >= 0.3 is 0 Å². The molecular formula is C14H22N3O2+. The van der Waals surface area contributed by atoms with Gasteiger partial charge in [-0.3, -0.25) is 9.59 Å². The van der Waals surface area contributed by atoms with Crippen molar-refractivity contribution in [2.24, 2.45) is 5.73 Å². The number of likely N-dealkylation sites (N-methyl/N-ethyl adjacent to an activating group) is 1. The molecule has 0 aliphatic carbocycles. The van der Waals surface area contributed by atoms with Gasteiger partial charge in [-0.1, -0.05) is 18.2 Å². The van der Waals surface area contributed by atoms with Crippen LogP contribution in [0.2, 0.25) is 0 Å². The second-order valence-electron chi connectivity index (χ2n) is 5.53. The zero-order valence-electron chi connectivity index (χ0n) is 12.0. The first kappa shape index (κ1) is 15.2. The maximum atomic E-state index is 12.0. The average Bonchev–Trinajstić information content (AvgIpc) is 2.20. The number of hydrogen-bond acceptors (Lipinski definition) is 2. The number of aryl methyl sites for hydroxylation is 2. The molecular weight excluding hydrogens is 242 g/mol. The topological polar surface area (TPSA) is 72.2 Å². The molecule has 0 aliphatic heterocycles. The highest BCUT2D eigenvalue weighted by Crippen LogP contribution is 2.19. The number of quaternary nitrogens is 1. The Balaban J connectivity index is 2.73. The third-order valence-electron chi connectivity index (χ3n) is 2.90. The number of nitrogens with zero attached hydrogens (tertiary/aromatic N) is 1. The van der Waals surface area contributed by atoms with Gasteiger partial charge in [-0.25, -0.2) is 0 Å². The van der Waals surface area contributed by atoms with Gasteiger partial charge in [0, 0.05) is 5.69 Å². The van der Waals surface area contributed by atoms with Gasteiger partial charge in [0.2, 0.25) is 0 Å². The average molecular weight is 264 g/mol. The standard InChI is InChI=1S/C14H21N3O2/c1-10-6-5-7-11(2)14(10)16-13(19)9-17(3,4)8-12(15)18/h5-7H,8-9H2,1-4H3,(H2-,15,16,18,19)/p+1. The molecule has 5 nitrogen and oxygen atoms in total. The second-order valence-corrected chi connectivity index (χ2v) is 5.53. The number of nitrogens with one attached hydrogen (secondary N) is 1. The summed E-state index contributed by atoms with van der Waals surface area (Å²) in [5, 5.41) is 2.90. The van der Waals surface area contributed by atoms with E-state index in [4.69, 9.17) is 5.73 Å². The molecule has 0 aliphatic rings. The zero-order chi connectivity index (χ0) is 14.6. The van der Waals surface area contributed by atoms with E-state index < -0.39 is 5.91 Å². The molecule has 0 saturated carbocycles. The van der Waals surface area contributed by atoms with Gasteiger partial charge < -0.3 is 15.5 Å². The molecule has 0 saturated heterocycles. The first-order valence-corrected chi connectivity index (χ1v) is 6.17. The predicted molar refractivity (Wildman–Crippen MR) is 75.6 cm³/mol. The molecule has 0 fully saturated rings. The van der Waals surface area contributed by atoms with Gasteiger partial charge in [-0.2, -0.15) is 0 Å². The Morgan fingerprint density at radius 3 is 2.16 bits per heavy atom. The van der Waals surface area contributed by atoms with Gasteiger partial charge in [-0.05, 0) is 25.0 Å². The smallest absolute Gasteiger partial charge is 0.279 e. The molecule has 1 aromatic rings. The van der Waals surface area contributed by atoms with Gasteiger partial charge in [0.25, 0.3) is 11.8 Å². The molecule has 2 amide bonds. The van der Waals surface area contributed by atoms with Crippen LogP contribution >= 0.6 is 0 Å². The van der Waals surface area contributed by atoms with E-state index in [0.717, 1.165) is 16.8 Å². The van der Waals surface area contributed by atoms with Crippen LogP contribution in [0.15, 0.2) is 18.2 Å². The van der Waals surface area contributed by atoms with Crippen molar-refractivity contribution in [3.8, 4) is 0 Å². The van der Waals surface area contributed by atoms with Gasteiger partial charge in [-0.15, -0.1) is 0 Å². The lowest BCUT2D eigenvalue weighted by Crippen LogP contribution is -2.50. The van der Waals surface area contributed by atoms with Crippen molar-refractivity contribution in [2.75, 3.05) is 32.5 Å². The summed E-state index contributed by atoms with van der Waals surface area (Å²) in [5.41, 5.74) is 8.05. The van der Waals surface area contributed by atoms with E-state index in [2.05, 4.69) is 5.32 Å². The number of primary amides is 1. The number of hydrogen-bond donors (Lipinski definition) is 2. The molecule has 0 aromatic heterocycles. The van der Waals surface area contributed by atoms with Crippen LogP contribution in [0, 0.1) is 13.8 Å². The molecule has 0 spiro atoms. The summed E-state index contributed by atoms with van der Waals surface area (Å²) in [7, 11) is 3.60. The molecule has 3 N–H and O–H groups in total. The normalized spacial score (nSPS) is 11.2. The Hall–Kier alpha value is -1.88. The summed E-state index contributed by atoms with van der Waals surface area (Å²) >= 11 is 0. The number of carbonyl (C=O) groups excluding carboxylic acids is 2. The third kappa shape index (κ3) is 4.71. The molecule has 0 bridgehead atoms. The number of nitrogens with two attached hydrogens (primary N) is 1. The zero-order valence-corrected chi connectivity index (χ0v) is 12.0. The minimum absolute atomic E-state index is 0.122. The van der Waals surface area contributed by atoms with E-state index in [1.807, 2.05) is 32.0 Å². The number of rotatable bonds is 5. The van der Waals surface area contributed by atoms with Crippen molar-refractivity contribution >= 4 is 17.5 Å². The van der Waals surface area contributed by atoms with Crippen molar-refractivity contribution in [1.29, 1.82) is 0 Å². The van der Waals surface area contributed by atoms with Gasteiger partial charge in [0.15, 0.2) is 13.1 Å². The monoisotopic (exact) mass is 264 g/mol. The molecule has 5 heteroatoms. The van der Waals surface area contributed by atoms with Crippen LogP contribution in [0.1, 0.15) is 11.1 Å². The minimum Gasteiger partial charge on any atom is -0.365 e. The SMILES string of the molecule is Cc1cccc(C)c1NC(=O)C[N+](C)(C)CC(N)=O. The number of carbonyl (C=O) groups is 2. The van der Waals surface area contributed by atoms with E-state index >= 15 is 0 Å². The highest BCUT2D eigenvalue weighted by molar-refractivity contribution is 5.93. The van der Waals surface area contributed by atoms with Crippen LogP contribution in [-0.2, 0) is 9.59 Å². The lowest BCUT2D eigenvalue weighted by Gasteiger charge is -2.27. The van der Waals surface area contributed by atoms with Crippen molar-refractivity contribution in [2.45, 2.75) is 13.8 Å². The molecule has 1 aromatic carbocycles. The molecule has 0 radical (unpaired) electrons. The maximum Gasteiger partial charge on any atom is 0.279 e. The Bertz CT molecular complexity index is 475. The maximum absolute atomic E-state index is 12.0. The molecule has 104 valence electrons. The number of benzene rings is 1. The number of anilines is 1. The largest absolute Gasteiger partial charge is 0.365 e. The first-order valence-electron chi connectivity index (χ1n) is 6.17. The molecule has 0 atom stereocenters. The quantitative estimate of drug-likeness (QED) is 0.772. The van der Waals surface area contributed by atoms with Crippen molar-refractivity contribution < 1.29 is 14.1 Å². The third-order valence-corrected chi connectivity index (χ3v) is 2.90. The first-order chi connectivity index (χ1) is 8.71. The predicted octanol–water partition coefficient (Wildman–Crippen LogP) is 0.804. The summed E-state index contributed by atoms with van der Waals surface area (Å²) in [5.74, 6) is -0.534. The van der Waals surface area contributed by atoms with Crippen molar-refractivity contribution in [3.05, 3.63) is 29.3 Å². The highest BCUT2D eigenvalue weighted by atomic mass is 16.2. The Labute approximate surface area is 114 Å². The fourth-order valence-corrected chi connectivity index (χ4v) is 2.06. The summed E-state index contributed by atoms with van der Waals surface area (Å²) < 4.78 is 0.242. The van der Waals surface area contributed by atoms with Crippen LogP contribution in [-0.4, -0.2) is 43.5 Å². The Kier molecular flexibility index (Phi) is 4.67. The molecule has 0 unspecified atom stereocenters. The van der Waals surface area contributed by atoms with Crippen LogP contribution in [0.5, 0.6) is 0 Å². The fraction of sp³-hybridized carbons (Fsp3) is 0.429. The van der Waals surface area contributed by atoms with E-state index in [0.29, 0.717) is 0 Å². The van der Waals surface area contributed by atoms with E-state index in [1.54, 1.807) is 14.1 Å². The van der Waals surface area contributed by atoms with Gasteiger partial charge in [0.05, 0.1) is 14.1 Å². The molecule has 19 heavy (non-hydrogen) atoms. The summed E-state index contributed by atoms with van der Waals surface area (Å²) in [4.78, 5) is 23.0. The summed E-state index contributed by atoms with van der Waals surface area (Å²) in [6, 6.07) is 5.85. The lowest BCUT2D eigenvalue weighted by molar-refractivity contribution is -0.874. The lowest BCUT2D eigenvalue weighted by atomic mass is 10.1. The van der Waals surface area contributed by atoms with Gasteiger partial charge in [0.1, 0.15) is 0 Å². The summed E-state index contributed by atoms with van der Waals surface area (Å²) in [6.07, 6.45) is 0. The van der Waals surface area contributed by atoms with Crippen LogP contribution in [0.4, 0.5) is 5.69 Å².